The van der Waals surface area contributed by atoms with Gasteiger partial charge in [0.25, 0.3) is 5.91 Å². The Morgan fingerprint density at radius 1 is 1.35 bits per heavy atom. The highest BCUT2D eigenvalue weighted by Crippen LogP contribution is 2.11. The van der Waals surface area contributed by atoms with E-state index in [2.05, 4.69) is 31.0 Å². The van der Waals surface area contributed by atoms with Crippen molar-refractivity contribution >= 4 is 5.91 Å². The van der Waals surface area contributed by atoms with E-state index in [-0.39, 0.29) is 11.9 Å². The molecule has 0 aromatic heterocycles. The molecule has 0 saturated carbocycles. The predicted molar refractivity (Wildman–Crippen MR) is 83.5 cm³/mol. The summed E-state index contributed by atoms with van der Waals surface area (Å²) in [5.41, 5.74) is 7.88. The maximum Gasteiger partial charge on any atom is 0.251 e. The Bertz CT molecular complexity index is 526. The van der Waals surface area contributed by atoms with Crippen LogP contribution in [-0.2, 0) is 0 Å². The van der Waals surface area contributed by atoms with Gasteiger partial charge < -0.3 is 11.1 Å². The van der Waals surface area contributed by atoms with Crippen molar-refractivity contribution in [2.75, 3.05) is 6.54 Å². The molecule has 2 unspecified atom stereocenters. The highest BCUT2D eigenvalue weighted by molar-refractivity contribution is 5.95. The van der Waals surface area contributed by atoms with E-state index < -0.39 is 0 Å². The number of carbonyl (C=O) groups excluding carboxylic acids is 1. The molecule has 0 bridgehead atoms. The second kappa shape index (κ2) is 7.72. The normalized spacial score (nSPS) is 13.1. The van der Waals surface area contributed by atoms with Gasteiger partial charge in [0.1, 0.15) is 0 Å². The van der Waals surface area contributed by atoms with Crippen LogP contribution < -0.4 is 11.1 Å². The van der Waals surface area contributed by atoms with Crippen molar-refractivity contribution in [1.29, 1.82) is 0 Å². The third-order valence-corrected chi connectivity index (χ3v) is 3.53. The van der Waals surface area contributed by atoms with Crippen LogP contribution in [0.4, 0.5) is 0 Å². The first-order chi connectivity index (χ1) is 9.47. The van der Waals surface area contributed by atoms with Gasteiger partial charge in [-0.2, -0.15) is 0 Å². The SMILES string of the molecule is CCC(C)C(C)NC(=O)c1cc(C)cc(C#CCN)c1. The van der Waals surface area contributed by atoms with Crippen molar-refractivity contribution in [3.8, 4) is 11.8 Å². The lowest BCUT2D eigenvalue weighted by atomic mass is 10.00. The zero-order chi connectivity index (χ0) is 15.1. The minimum absolute atomic E-state index is 0.0442. The van der Waals surface area contributed by atoms with Gasteiger partial charge in [0, 0.05) is 17.2 Å². The number of rotatable bonds is 4. The number of amides is 1. The second-order valence-corrected chi connectivity index (χ2v) is 5.24. The minimum Gasteiger partial charge on any atom is -0.349 e. The Hall–Kier alpha value is -1.79. The van der Waals surface area contributed by atoms with Crippen LogP contribution in [0.15, 0.2) is 18.2 Å². The Balaban J connectivity index is 2.90. The van der Waals surface area contributed by atoms with Crippen LogP contribution in [0.25, 0.3) is 0 Å². The van der Waals surface area contributed by atoms with Crippen LogP contribution in [0.1, 0.15) is 48.7 Å². The zero-order valence-electron chi connectivity index (χ0n) is 12.8. The predicted octanol–water partition coefficient (Wildman–Crippen LogP) is 2.47. The van der Waals surface area contributed by atoms with Crippen LogP contribution in [0.3, 0.4) is 0 Å². The summed E-state index contributed by atoms with van der Waals surface area (Å²) in [6.45, 7) is 8.58. The zero-order valence-corrected chi connectivity index (χ0v) is 12.8. The highest BCUT2D eigenvalue weighted by Gasteiger charge is 2.14. The van der Waals surface area contributed by atoms with Gasteiger partial charge in [-0.1, -0.05) is 32.1 Å². The van der Waals surface area contributed by atoms with Gasteiger partial charge in [-0.05, 0) is 43.5 Å². The standard InChI is InChI=1S/C17H24N2O/c1-5-13(3)14(4)19-17(20)16-10-12(2)9-15(11-16)7-6-8-18/h9-11,13-14H,5,8,18H2,1-4H3,(H,19,20). The molecule has 3 N–H and O–H groups in total. The fourth-order valence-corrected chi connectivity index (χ4v) is 1.93. The van der Waals surface area contributed by atoms with Gasteiger partial charge >= 0.3 is 0 Å². The van der Waals surface area contributed by atoms with Crippen LogP contribution in [0, 0.1) is 24.7 Å². The Labute approximate surface area is 121 Å². The summed E-state index contributed by atoms with van der Waals surface area (Å²) in [5, 5.41) is 3.05. The van der Waals surface area contributed by atoms with Crippen molar-refractivity contribution in [2.45, 2.75) is 40.2 Å². The van der Waals surface area contributed by atoms with Crippen LogP contribution >= 0.6 is 0 Å². The average molecular weight is 272 g/mol. The van der Waals surface area contributed by atoms with Crippen molar-refractivity contribution in [3.63, 3.8) is 0 Å². The molecule has 0 spiro atoms. The van der Waals surface area contributed by atoms with E-state index in [0.29, 0.717) is 18.0 Å². The Morgan fingerprint density at radius 3 is 2.65 bits per heavy atom. The fraction of sp³-hybridized carbons (Fsp3) is 0.471. The van der Waals surface area contributed by atoms with Crippen LogP contribution in [0.2, 0.25) is 0 Å². The fourth-order valence-electron chi connectivity index (χ4n) is 1.93. The van der Waals surface area contributed by atoms with E-state index in [0.717, 1.165) is 17.5 Å². The molecule has 3 nitrogen and oxygen atoms in total. The van der Waals surface area contributed by atoms with Gasteiger partial charge in [0.05, 0.1) is 6.54 Å². The summed E-state index contributed by atoms with van der Waals surface area (Å²) in [4.78, 5) is 12.3. The van der Waals surface area contributed by atoms with E-state index in [1.807, 2.05) is 32.0 Å². The summed E-state index contributed by atoms with van der Waals surface area (Å²) in [6, 6.07) is 5.81. The monoisotopic (exact) mass is 272 g/mol. The molecule has 0 heterocycles. The number of hydrogen-bond donors (Lipinski definition) is 2. The molecule has 1 aromatic carbocycles. The first-order valence-electron chi connectivity index (χ1n) is 7.09. The third kappa shape index (κ3) is 4.71. The topological polar surface area (TPSA) is 55.1 Å². The molecule has 108 valence electrons. The first-order valence-corrected chi connectivity index (χ1v) is 7.09. The summed E-state index contributed by atoms with van der Waals surface area (Å²) in [7, 11) is 0. The van der Waals surface area contributed by atoms with E-state index in [1.54, 1.807) is 0 Å². The van der Waals surface area contributed by atoms with Crippen LogP contribution in [0.5, 0.6) is 0 Å². The Morgan fingerprint density at radius 2 is 2.05 bits per heavy atom. The number of nitrogens with two attached hydrogens (primary N) is 1. The molecule has 0 aliphatic heterocycles. The first kappa shape index (κ1) is 16.3. The second-order valence-electron chi connectivity index (χ2n) is 5.24. The van der Waals surface area contributed by atoms with E-state index >= 15 is 0 Å². The highest BCUT2D eigenvalue weighted by atomic mass is 16.1. The van der Waals surface area contributed by atoms with Gasteiger partial charge in [-0.3, -0.25) is 4.79 Å². The molecular weight excluding hydrogens is 248 g/mol. The number of hydrogen-bond acceptors (Lipinski definition) is 2. The molecule has 3 heteroatoms. The Kier molecular flexibility index (Phi) is 6.27. The maximum absolute atomic E-state index is 12.3. The van der Waals surface area contributed by atoms with Gasteiger partial charge in [-0.25, -0.2) is 0 Å². The maximum atomic E-state index is 12.3. The van der Waals surface area contributed by atoms with Crippen molar-refractivity contribution < 1.29 is 4.79 Å². The molecule has 0 aliphatic rings. The molecule has 0 saturated heterocycles. The van der Waals surface area contributed by atoms with Crippen molar-refractivity contribution in [1.82, 2.24) is 5.32 Å². The van der Waals surface area contributed by atoms with E-state index in [9.17, 15) is 4.79 Å². The lowest BCUT2D eigenvalue weighted by Crippen LogP contribution is -2.36. The minimum atomic E-state index is -0.0442. The van der Waals surface area contributed by atoms with E-state index in [1.165, 1.54) is 0 Å². The molecule has 20 heavy (non-hydrogen) atoms. The van der Waals surface area contributed by atoms with Crippen molar-refractivity contribution in [3.05, 3.63) is 34.9 Å². The van der Waals surface area contributed by atoms with Gasteiger partial charge in [0.15, 0.2) is 0 Å². The van der Waals surface area contributed by atoms with E-state index in [4.69, 9.17) is 5.73 Å². The molecule has 1 amide bonds. The quantitative estimate of drug-likeness (QED) is 0.827. The van der Waals surface area contributed by atoms with Crippen molar-refractivity contribution in [2.24, 2.45) is 11.7 Å². The molecule has 1 rings (SSSR count). The average Bonchev–Trinajstić information content (AvgIpc) is 2.43. The summed E-state index contributed by atoms with van der Waals surface area (Å²) in [6.07, 6.45) is 1.04. The van der Waals surface area contributed by atoms with Gasteiger partial charge in [0.2, 0.25) is 0 Å². The molecule has 0 fully saturated rings. The third-order valence-electron chi connectivity index (χ3n) is 3.53. The molecule has 1 aromatic rings. The number of aryl methyl sites for hydroxylation is 1. The molecule has 0 aliphatic carbocycles. The largest absolute Gasteiger partial charge is 0.349 e. The van der Waals surface area contributed by atoms with Crippen LogP contribution in [-0.4, -0.2) is 18.5 Å². The summed E-state index contributed by atoms with van der Waals surface area (Å²) >= 11 is 0. The van der Waals surface area contributed by atoms with Gasteiger partial charge in [-0.15, -0.1) is 0 Å². The smallest absolute Gasteiger partial charge is 0.251 e. The lowest BCUT2D eigenvalue weighted by Gasteiger charge is -2.20. The summed E-state index contributed by atoms with van der Waals surface area (Å²) in [5.74, 6) is 6.20. The number of carbonyl (C=O) groups is 1. The number of nitrogens with one attached hydrogen (secondary N) is 1. The molecule has 2 atom stereocenters. The molecular formula is C17H24N2O. The molecule has 0 radical (unpaired) electrons. The lowest BCUT2D eigenvalue weighted by molar-refractivity contribution is 0.0928. The summed E-state index contributed by atoms with van der Waals surface area (Å²) < 4.78 is 0. The number of benzene rings is 1.